The number of nitrogens with zero attached hydrogens (tertiary/aromatic N) is 3. The van der Waals surface area contributed by atoms with Crippen molar-refractivity contribution in [2.24, 2.45) is 0 Å². The lowest BCUT2D eigenvalue weighted by molar-refractivity contribution is 0.0487. The van der Waals surface area contributed by atoms with E-state index in [1.54, 1.807) is 0 Å². The van der Waals surface area contributed by atoms with E-state index in [9.17, 15) is 4.79 Å². The molecule has 1 saturated heterocycles. The molecule has 3 rings (SSSR count). The first kappa shape index (κ1) is 16.4. The van der Waals surface area contributed by atoms with Crippen LogP contribution < -0.4 is 10.2 Å². The van der Waals surface area contributed by atoms with Crippen LogP contribution in [0.3, 0.4) is 0 Å². The van der Waals surface area contributed by atoms with Gasteiger partial charge in [0.05, 0.1) is 12.4 Å². The van der Waals surface area contributed by atoms with Gasteiger partial charge in [-0.1, -0.05) is 36.8 Å². The second kappa shape index (κ2) is 7.40. The van der Waals surface area contributed by atoms with Gasteiger partial charge in [-0.05, 0) is 26.7 Å². The van der Waals surface area contributed by atoms with Crippen molar-refractivity contribution in [3.8, 4) is 17.1 Å². The van der Waals surface area contributed by atoms with Crippen LogP contribution in [0.4, 0.5) is 4.79 Å². The number of carbonyl (C=O) groups is 1. The van der Waals surface area contributed by atoms with Gasteiger partial charge in [-0.3, -0.25) is 5.43 Å². The Balaban J connectivity index is 1.60. The maximum absolute atomic E-state index is 12.1. The first-order valence-corrected chi connectivity index (χ1v) is 8.28. The number of ether oxygens (including phenoxy) is 1. The molecule has 2 heterocycles. The van der Waals surface area contributed by atoms with Crippen LogP contribution in [0.25, 0.3) is 11.4 Å². The van der Waals surface area contributed by atoms with Gasteiger partial charge in [0.15, 0.2) is 11.6 Å². The van der Waals surface area contributed by atoms with Crippen LogP contribution in [-0.4, -0.2) is 33.2 Å². The molecule has 2 aromatic rings. The Bertz CT molecular complexity index is 665. The largest absolute Gasteiger partial charge is 0.427 e. The average Bonchev–Trinajstić information content (AvgIpc) is 2.60. The molecule has 0 radical (unpaired) electrons. The third kappa shape index (κ3) is 3.89. The van der Waals surface area contributed by atoms with Gasteiger partial charge < -0.3 is 4.74 Å². The zero-order chi connectivity index (χ0) is 16.9. The molecule has 1 aromatic carbocycles. The van der Waals surface area contributed by atoms with Crippen molar-refractivity contribution < 1.29 is 9.53 Å². The summed E-state index contributed by atoms with van der Waals surface area (Å²) in [5, 5.41) is 1.96. The molecule has 2 unspecified atom stereocenters. The van der Waals surface area contributed by atoms with Gasteiger partial charge in [0, 0.05) is 17.6 Å². The normalized spacial score (nSPS) is 21.2. The minimum absolute atomic E-state index is 0.304. The van der Waals surface area contributed by atoms with E-state index in [-0.39, 0.29) is 0 Å². The molecule has 0 spiro atoms. The molecule has 1 aromatic heterocycles. The van der Waals surface area contributed by atoms with Gasteiger partial charge in [0.1, 0.15) is 0 Å². The van der Waals surface area contributed by atoms with Gasteiger partial charge in [-0.25, -0.2) is 19.8 Å². The Morgan fingerprint density at radius 2 is 1.75 bits per heavy atom. The Kier molecular flexibility index (Phi) is 5.05. The molecule has 1 fully saturated rings. The third-order valence-corrected chi connectivity index (χ3v) is 4.28. The monoisotopic (exact) mass is 326 g/mol. The molecule has 0 bridgehead atoms. The maximum atomic E-state index is 12.1. The van der Waals surface area contributed by atoms with Gasteiger partial charge in [0.2, 0.25) is 0 Å². The van der Waals surface area contributed by atoms with Crippen molar-refractivity contribution in [1.29, 1.82) is 0 Å². The van der Waals surface area contributed by atoms with Gasteiger partial charge in [-0.2, -0.15) is 0 Å². The lowest BCUT2D eigenvalue weighted by Crippen LogP contribution is -2.54. The van der Waals surface area contributed by atoms with Gasteiger partial charge >= 0.3 is 6.09 Å². The first-order chi connectivity index (χ1) is 11.6. The molecule has 0 saturated carbocycles. The molecule has 0 aliphatic carbocycles. The molecule has 1 N–H and O–H groups in total. The number of carbonyl (C=O) groups excluding carboxylic acids is 1. The summed E-state index contributed by atoms with van der Waals surface area (Å²) >= 11 is 0. The summed E-state index contributed by atoms with van der Waals surface area (Å²) in [7, 11) is 0. The number of nitrogens with one attached hydrogen (secondary N) is 1. The number of amides is 1. The summed E-state index contributed by atoms with van der Waals surface area (Å²) in [6.45, 7) is 4.21. The smallest absolute Gasteiger partial charge is 0.406 e. The lowest BCUT2D eigenvalue weighted by atomic mass is 10.00. The summed E-state index contributed by atoms with van der Waals surface area (Å²) < 4.78 is 5.29. The van der Waals surface area contributed by atoms with Crippen LogP contribution >= 0.6 is 0 Å². The van der Waals surface area contributed by atoms with E-state index < -0.39 is 6.09 Å². The minimum atomic E-state index is -0.508. The Morgan fingerprint density at radius 1 is 1.12 bits per heavy atom. The highest BCUT2D eigenvalue weighted by molar-refractivity contribution is 5.69. The predicted molar refractivity (Wildman–Crippen MR) is 91.2 cm³/mol. The van der Waals surface area contributed by atoms with Crippen molar-refractivity contribution in [2.75, 3.05) is 0 Å². The highest BCUT2D eigenvalue weighted by Gasteiger charge is 2.26. The topological polar surface area (TPSA) is 67.4 Å². The van der Waals surface area contributed by atoms with E-state index in [0.717, 1.165) is 18.4 Å². The quantitative estimate of drug-likeness (QED) is 0.936. The fourth-order valence-corrected chi connectivity index (χ4v) is 2.98. The molecule has 1 aliphatic heterocycles. The predicted octanol–water partition coefficient (Wildman–Crippen LogP) is 3.41. The second-order valence-electron chi connectivity index (χ2n) is 6.15. The molecule has 6 heteroatoms. The van der Waals surface area contributed by atoms with E-state index in [1.807, 2.05) is 35.3 Å². The summed E-state index contributed by atoms with van der Waals surface area (Å²) in [6, 6.07) is 10.3. The first-order valence-electron chi connectivity index (χ1n) is 8.28. The van der Waals surface area contributed by atoms with Crippen LogP contribution in [0.5, 0.6) is 5.75 Å². The molecule has 1 aliphatic rings. The second-order valence-corrected chi connectivity index (χ2v) is 6.15. The van der Waals surface area contributed by atoms with E-state index in [4.69, 9.17) is 4.74 Å². The molecular weight excluding hydrogens is 304 g/mol. The van der Waals surface area contributed by atoms with E-state index >= 15 is 0 Å². The standard InChI is InChI=1S/C18H22N4O2/c1-13-7-6-8-14(2)22(13)21-18(23)24-16-11-19-17(20-12-16)15-9-4-3-5-10-15/h3-5,9-14H,6-8H2,1-2H3,(H,21,23). The number of piperidine rings is 1. The van der Waals surface area contributed by atoms with Crippen LogP contribution in [-0.2, 0) is 0 Å². The van der Waals surface area contributed by atoms with Crippen molar-refractivity contribution in [3.63, 3.8) is 0 Å². The number of rotatable bonds is 3. The summed E-state index contributed by atoms with van der Waals surface area (Å²) in [5.74, 6) is 0.922. The SMILES string of the molecule is CC1CCCC(C)N1NC(=O)Oc1cnc(-c2ccccc2)nc1. The summed E-state index contributed by atoms with van der Waals surface area (Å²) in [5.41, 5.74) is 3.75. The van der Waals surface area contributed by atoms with Crippen molar-refractivity contribution >= 4 is 6.09 Å². The number of aromatic nitrogens is 2. The van der Waals surface area contributed by atoms with Gasteiger partial charge in [0.25, 0.3) is 0 Å². The molecule has 24 heavy (non-hydrogen) atoms. The number of hydrogen-bond donors (Lipinski definition) is 1. The lowest BCUT2D eigenvalue weighted by Gasteiger charge is -2.38. The van der Waals surface area contributed by atoms with Crippen LogP contribution in [0.15, 0.2) is 42.7 Å². The van der Waals surface area contributed by atoms with Crippen molar-refractivity contribution in [2.45, 2.75) is 45.2 Å². The highest BCUT2D eigenvalue weighted by Crippen LogP contribution is 2.20. The molecular formula is C18H22N4O2. The zero-order valence-electron chi connectivity index (χ0n) is 14.0. The van der Waals surface area contributed by atoms with Crippen molar-refractivity contribution in [3.05, 3.63) is 42.7 Å². The number of benzene rings is 1. The highest BCUT2D eigenvalue weighted by atomic mass is 16.6. The maximum Gasteiger partial charge on any atom is 0.427 e. The summed E-state index contributed by atoms with van der Waals surface area (Å²) in [6.07, 6.45) is 5.84. The Morgan fingerprint density at radius 3 is 2.38 bits per heavy atom. The van der Waals surface area contributed by atoms with Crippen LogP contribution in [0.2, 0.25) is 0 Å². The Hall–Kier alpha value is -2.47. The van der Waals surface area contributed by atoms with E-state index in [2.05, 4.69) is 29.2 Å². The average molecular weight is 326 g/mol. The van der Waals surface area contributed by atoms with Crippen molar-refractivity contribution in [1.82, 2.24) is 20.4 Å². The molecule has 2 atom stereocenters. The number of hydrogen-bond acceptors (Lipinski definition) is 5. The summed E-state index contributed by atoms with van der Waals surface area (Å²) in [4.78, 5) is 20.6. The van der Waals surface area contributed by atoms with E-state index in [0.29, 0.717) is 23.7 Å². The fourth-order valence-electron chi connectivity index (χ4n) is 2.98. The minimum Gasteiger partial charge on any atom is -0.406 e. The fraction of sp³-hybridized carbons (Fsp3) is 0.389. The van der Waals surface area contributed by atoms with Gasteiger partial charge in [-0.15, -0.1) is 0 Å². The van der Waals surface area contributed by atoms with Crippen LogP contribution in [0, 0.1) is 0 Å². The molecule has 126 valence electrons. The zero-order valence-corrected chi connectivity index (χ0v) is 14.0. The van der Waals surface area contributed by atoms with Crippen LogP contribution in [0.1, 0.15) is 33.1 Å². The number of hydrazine groups is 1. The van der Waals surface area contributed by atoms with E-state index in [1.165, 1.54) is 18.8 Å². The molecule has 6 nitrogen and oxygen atoms in total. The molecule has 1 amide bonds. The Labute approximate surface area is 141 Å². The third-order valence-electron chi connectivity index (χ3n) is 4.28.